The van der Waals surface area contributed by atoms with Crippen molar-refractivity contribution in [3.8, 4) is 0 Å². The Bertz CT molecular complexity index is 925. The van der Waals surface area contributed by atoms with Crippen LogP contribution in [-0.2, 0) is 11.3 Å². The molecule has 0 bridgehead atoms. The number of hydrogen-bond donors (Lipinski definition) is 1. The quantitative estimate of drug-likeness (QED) is 0.733. The number of rotatable bonds is 5. The molecule has 1 aromatic heterocycles. The van der Waals surface area contributed by atoms with E-state index in [1.165, 1.54) is 5.56 Å². The van der Waals surface area contributed by atoms with Crippen LogP contribution in [0, 0.1) is 5.92 Å². The van der Waals surface area contributed by atoms with Crippen LogP contribution in [0.15, 0.2) is 52.9 Å². The molecule has 1 amide bonds. The third-order valence-corrected chi connectivity index (χ3v) is 5.11. The molecule has 3 aromatic rings. The standard InChI is InChI=1S/C22H26N4O2/c1-25(2)15-16-6-5-7-18(14-16)23-21(27)17-10-12-26(13-11-17)22-24-19-8-3-4-9-20(19)28-22/h3-9,14,17H,10-13,15H2,1-2H3,(H,23,27). The van der Waals surface area contributed by atoms with Crippen LogP contribution in [0.5, 0.6) is 0 Å². The topological polar surface area (TPSA) is 61.6 Å². The molecule has 0 aliphatic carbocycles. The Morgan fingerprint density at radius 2 is 1.96 bits per heavy atom. The summed E-state index contributed by atoms with van der Waals surface area (Å²) in [6, 6.07) is 16.5. The highest BCUT2D eigenvalue weighted by molar-refractivity contribution is 5.92. The Balaban J connectivity index is 1.35. The fraction of sp³-hybridized carbons (Fsp3) is 0.364. The molecule has 6 nitrogen and oxygen atoms in total. The fourth-order valence-electron chi connectivity index (χ4n) is 3.69. The molecule has 1 saturated heterocycles. The number of aromatic nitrogens is 1. The molecule has 0 radical (unpaired) electrons. The van der Waals surface area contributed by atoms with Gasteiger partial charge in [-0.1, -0.05) is 24.3 Å². The number of oxazole rings is 1. The van der Waals surface area contributed by atoms with E-state index >= 15 is 0 Å². The van der Waals surface area contributed by atoms with Crippen LogP contribution in [0.1, 0.15) is 18.4 Å². The molecule has 146 valence electrons. The SMILES string of the molecule is CN(C)Cc1cccc(NC(=O)C2CCN(c3nc4ccccc4o3)CC2)c1. The van der Waals surface area contributed by atoms with Crippen molar-refractivity contribution in [3.05, 3.63) is 54.1 Å². The van der Waals surface area contributed by atoms with Gasteiger partial charge >= 0.3 is 0 Å². The van der Waals surface area contributed by atoms with Gasteiger partial charge in [-0.3, -0.25) is 4.79 Å². The molecule has 0 atom stereocenters. The maximum Gasteiger partial charge on any atom is 0.298 e. The van der Waals surface area contributed by atoms with Crippen LogP contribution in [0.2, 0.25) is 0 Å². The van der Waals surface area contributed by atoms with Crippen LogP contribution in [-0.4, -0.2) is 43.0 Å². The molecule has 0 unspecified atom stereocenters. The summed E-state index contributed by atoms with van der Waals surface area (Å²) in [6.07, 6.45) is 1.59. The first-order valence-corrected chi connectivity index (χ1v) is 9.73. The first-order chi connectivity index (χ1) is 13.6. The van der Waals surface area contributed by atoms with Crippen molar-refractivity contribution >= 4 is 28.7 Å². The smallest absolute Gasteiger partial charge is 0.298 e. The molecule has 28 heavy (non-hydrogen) atoms. The molecule has 0 spiro atoms. The minimum atomic E-state index is 0.0122. The number of nitrogens with one attached hydrogen (secondary N) is 1. The minimum Gasteiger partial charge on any atom is -0.423 e. The maximum absolute atomic E-state index is 12.7. The molecule has 6 heteroatoms. The Labute approximate surface area is 165 Å². The van der Waals surface area contributed by atoms with E-state index in [1.54, 1.807) is 0 Å². The monoisotopic (exact) mass is 378 g/mol. The second-order valence-corrected chi connectivity index (χ2v) is 7.65. The highest BCUT2D eigenvalue weighted by Crippen LogP contribution is 2.27. The number of piperidine rings is 1. The highest BCUT2D eigenvalue weighted by Gasteiger charge is 2.27. The number of anilines is 2. The maximum atomic E-state index is 12.7. The molecule has 1 aliphatic rings. The second-order valence-electron chi connectivity index (χ2n) is 7.65. The van der Waals surface area contributed by atoms with E-state index in [1.807, 2.05) is 56.6 Å². The largest absolute Gasteiger partial charge is 0.423 e. The minimum absolute atomic E-state index is 0.0122. The number of hydrogen-bond acceptors (Lipinski definition) is 5. The second kappa shape index (κ2) is 8.02. The van der Waals surface area contributed by atoms with Crippen LogP contribution < -0.4 is 10.2 Å². The van der Waals surface area contributed by atoms with Gasteiger partial charge in [-0.2, -0.15) is 4.98 Å². The Hall–Kier alpha value is -2.86. The normalized spacial score (nSPS) is 15.3. The molecular formula is C22H26N4O2. The summed E-state index contributed by atoms with van der Waals surface area (Å²) in [5, 5.41) is 3.09. The number of carbonyl (C=O) groups excluding carboxylic acids is 1. The summed E-state index contributed by atoms with van der Waals surface area (Å²) in [6.45, 7) is 2.39. The third kappa shape index (κ3) is 4.17. The summed E-state index contributed by atoms with van der Waals surface area (Å²) < 4.78 is 5.85. The van der Waals surface area contributed by atoms with Crippen molar-refractivity contribution in [1.82, 2.24) is 9.88 Å². The number of carbonyl (C=O) groups is 1. The zero-order valence-electron chi connectivity index (χ0n) is 16.4. The van der Waals surface area contributed by atoms with Gasteiger partial charge in [0.1, 0.15) is 5.52 Å². The van der Waals surface area contributed by atoms with E-state index in [9.17, 15) is 4.79 Å². The highest BCUT2D eigenvalue weighted by atomic mass is 16.4. The molecule has 0 saturated carbocycles. The molecule has 2 aromatic carbocycles. The first-order valence-electron chi connectivity index (χ1n) is 9.73. The van der Waals surface area contributed by atoms with Gasteiger partial charge in [-0.05, 0) is 56.8 Å². The van der Waals surface area contributed by atoms with Crippen molar-refractivity contribution < 1.29 is 9.21 Å². The van der Waals surface area contributed by atoms with Crippen molar-refractivity contribution in [1.29, 1.82) is 0 Å². The van der Waals surface area contributed by atoms with E-state index in [-0.39, 0.29) is 11.8 Å². The lowest BCUT2D eigenvalue weighted by atomic mass is 9.96. The average molecular weight is 378 g/mol. The van der Waals surface area contributed by atoms with Crippen LogP contribution in [0.4, 0.5) is 11.7 Å². The molecule has 1 aliphatic heterocycles. The van der Waals surface area contributed by atoms with Crippen molar-refractivity contribution in [2.45, 2.75) is 19.4 Å². The van der Waals surface area contributed by atoms with E-state index in [2.05, 4.69) is 26.2 Å². The van der Waals surface area contributed by atoms with Crippen LogP contribution in [0.3, 0.4) is 0 Å². The lowest BCUT2D eigenvalue weighted by Gasteiger charge is -2.30. The van der Waals surface area contributed by atoms with Gasteiger partial charge < -0.3 is 19.5 Å². The van der Waals surface area contributed by atoms with Gasteiger partial charge in [0.15, 0.2) is 5.58 Å². The van der Waals surface area contributed by atoms with Gasteiger partial charge in [0, 0.05) is 31.2 Å². The van der Waals surface area contributed by atoms with Crippen molar-refractivity contribution in [3.63, 3.8) is 0 Å². The van der Waals surface area contributed by atoms with E-state index in [0.29, 0.717) is 6.01 Å². The molecule has 1 N–H and O–H groups in total. The molecular weight excluding hydrogens is 352 g/mol. The van der Waals surface area contributed by atoms with E-state index in [0.717, 1.165) is 49.3 Å². The van der Waals surface area contributed by atoms with Gasteiger partial charge in [-0.25, -0.2) is 0 Å². The molecule has 2 heterocycles. The lowest BCUT2D eigenvalue weighted by molar-refractivity contribution is -0.120. The summed E-state index contributed by atoms with van der Waals surface area (Å²) >= 11 is 0. The predicted molar refractivity (Wildman–Crippen MR) is 111 cm³/mol. The molecule has 4 rings (SSSR count). The van der Waals surface area contributed by atoms with Gasteiger partial charge in [0.2, 0.25) is 5.91 Å². The summed E-state index contributed by atoms with van der Waals surface area (Å²) in [5.41, 5.74) is 3.73. The van der Waals surface area contributed by atoms with Crippen molar-refractivity contribution in [2.24, 2.45) is 5.92 Å². The fourth-order valence-corrected chi connectivity index (χ4v) is 3.69. The molecule has 1 fully saturated rings. The van der Waals surface area contributed by atoms with Gasteiger partial charge in [-0.15, -0.1) is 0 Å². The number of benzene rings is 2. The number of fused-ring (bicyclic) bond motifs is 1. The first kappa shape index (κ1) is 18.5. The summed E-state index contributed by atoms with van der Waals surface area (Å²) in [5.74, 6) is 0.109. The zero-order chi connectivity index (χ0) is 19.5. The number of amides is 1. The van der Waals surface area contributed by atoms with E-state index in [4.69, 9.17) is 4.42 Å². The van der Waals surface area contributed by atoms with E-state index < -0.39 is 0 Å². The lowest BCUT2D eigenvalue weighted by Crippen LogP contribution is -2.38. The Morgan fingerprint density at radius 3 is 2.71 bits per heavy atom. The third-order valence-electron chi connectivity index (χ3n) is 5.11. The summed E-state index contributed by atoms with van der Waals surface area (Å²) in [7, 11) is 4.08. The Morgan fingerprint density at radius 1 is 1.18 bits per heavy atom. The summed E-state index contributed by atoms with van der Waals surface area (Å²) in [4.78, 5) is 21.5. The average Bonchev–Trinajstić information content (AvgIpc) is 3.12. The van der Waals surface area contributed by atoms with Gasteiger partial charge in [0.05, 0.1) is 0 Å². The number of nitrogens with zero attached hydrogens (tertiary/aromatic N) is 3. The zero-order valence-corrected chi connectivity index (χ0v) is 16.4. The predicted octanol–water partition coefficient (Wildman–Crippen LogP) is 3.74. The van der Waals surface area contributed by atoms with Crippen molar-refractivity contribution in [2.75, 3.05) is 37.4 Å². The van der Waals surface area contributed by atoms with Crippen LogP contribution >= 0.6 is 0 Å². The van der Waals surface area contributed by atoms with Gasteiger partial charge in [0.25, 0.3) is 6.01 Å². The number of para-hydroxylation sites is 2. The Kier molecular flexibility index (Phi) is 5.30. The van der Waals surface area contributed by atoms with Crippen LogP contribution in [0.25, 0.3) is 11.1 Å².